The van der Waals surface area contributed by atoms with E-state index in [1.807, 2.05) is 0 Å². The summed E-state index contributed by atoms with van der Waals surface area (Å²) < 4.78 is 40.0. The van der Waals surface area contributed by atoms with Crippen LogP contribution in [0.3, 0.4) is 0 Å². The lowest BCUT2D eigenvalue weighted by Crippen LogP contribution is -2.35. The molecule has 0 spiro atoms. The Morgan fingerprint density at radius 1 is 1.04 bits per heavy atom. The summed E-state index contributed by atoms with van der Waals surface area (Å²) >= 11 is 6.09. The second kappa shape index (κ2) is 7.73. The van der Waals surface area contributed by atoms with Crippen molar-refractivity contribution in [1.29, 1.82) is 0 Å². The molecule has 0 bridgehead atoms. The summed E-state index contributed by atoms with van der Waals surface area (Å²) in [5.41, 5.74) is 0.436. The van der Waals surface area contributed by atoms with Crippen LogP contribution in [-0.2, 0) is 10.0 Å². The quantitative estimate of drug-likeness (QED) is 0.852. The van der Waals surface area contributed by atoms with Crippen LogP contribution in [0.2, 0.25) is 5.02 Å². The van der Waals surface area contributed by atoms with Crippen LogP contribution in [0.5, 0.6) is 0 Å². The molecule has 2 aromatic carbocycles. The van der Waals surface area contributed by atoms with Gasteiger partial charge in [0.15, 0.2) is 0 Å². The third-order valence-electron chi connectivity index (χ3n) is 4.24. The lowest BCUT2D eigenvalue weighted by molar-refractivity contribution is 0.102. The van der Waals surface area contributed by atoms with Gasteiger partial charge in [-0.1, -0.05) is 18.0 Å². The Labute approximate surface area is 156 Å². The Morgan fingerprint density at radius 2 is 1.69 bits per heavy atom. The molecule has 1 N–H and O–H groups in total. The van der Waals surface area contributed by atoms with Gasteiger partial charge in [-0.25, -0.2) is 12.8 Å². The average Bonchev–Trinajstić information content (AvgIpc) is 2.64. The first-order valence-electron chi connectivity index (χ1n) is 8.24. The summed E-state index contributed by atoms with van der Waals surface area (Å²) in [5, 5.41) is 2.73. The zero-order valence-corrected chi connectivity index (χ0v) is 15.5. The van der Waals surface area contributed by atoms with Crippen LogP contribution >= 0.6 is 11.6 Å². The van der Waals surface area contributed by atoms with Crippen molar-refractivity contribution in [1.82, 2.24) is 4.31 Å². The zero-order chi connectivity index (χ0) is 18.7. The Hall–Kier alpha value is -1.96. The van der Waals surface area contributed by atoms with Gasteiger partial charge in [-0.05, 0) is 55.3 Å². The average molecular weight is 397 g/mol. The number of amides is 1. The molecular weight excluding hydrogens is 379 g/mol. The van der Waals surface area contributed by atoms with Crippen LogP contribution in [-0.4, -0.2) is 31.7 Å². The summed E-state index contributed by atoms with van der Waals surface area (Å²) in [7, 11) is -3.67. The zero-order valence-electron chi connectivity index (χ0n) is 13.9. The van der Waals surface area contributed by atoms with E-state index in [2.05, 4.69) is 5.32 Å². The largest absolute Gasteiger partial charge is 0.322 e. The van der Waals surface area contributed by atoms with Gasteiger partial charge in [-0.2, -0.15) is 4.31 Å². The second-order valence-electron chi connectivity index (χ2n) is 6.07. The van der Waals surface area contributed by atoms with Crippen molar-refractivity contribution < 1.29 is 17.6 Å². The molecule has 0 unspecified atom stereocenters. The molecule has 5 nitrogen and oxygen atoms in total. The van der Waals surface area contributed by atoms with Crippen LogP contribution in [0.25, 0.3) is 0 Å². The molecular formula is C18H18ClFN2O3S. The second-order valence-corrected chi connectivity index (χ2v) is 8.41. The fraction of sp³-hybridized carbons (Fsp3) is 0.278. The minimum atomic E-state index is -3.67. The maximum absolute atomic E-state index is 13.0. The van der Waals surface area contributed by atoms with Crippen LogP contribution in [0.1, 0.15) is 29.6 Å². The smallest absolute Gasteiger partial charge is 0.257 e. The molecule has 3 rings (SSSR count). The van der Waals surface area contributed by atoms with E-state index in [0.717, 1.165) is 19.3 Å². The van der Waals surface area contributed by atoms with Gasteiger partial charge < -0.3 is 5.32 Å². The third-order valence-corrected chi connectivity index (χ3v) is 6.46. The Kier molecular flexibility index (Phi) is 5.60. The summed E-state index contributed by atoms with van der Waals surface area (Å²) in [6.07, 6.45) is 2.66. The molecule has 1 saturated heterocycles. The first-order valence-corrected chi connectivity index (χ1v) is 10.1. The molecule has 8 heteroatoms. The van der Waals surface area contributed by atoms with Crippen molar-refractivity contribution in [2.45, 2.75) is 24.2 Å². The summed E-state index contributed by atoms with van der Waals surface area (Å²) in [5.74, 6) is -0.979. The van der Waals surface area contributed by atoms with E-state index in [4.69, 9.17) is 11.6 Å². The minimum absolute atomic E-state index is 0.0352. The van der Waals surface area contributed by atoms with Gasteiger partial charge in [-0.3, -0.25) is 4.79 Å². The standard InChI is InChI=1S/C18H18ClFN2O3S/c19-17-9-8-15(26(24,25)22-10-2-1-3-11-22)12-16(17)18(23)21-14-6-4-13(20)5-7-14/h4-9,12H,1-3,10-11H2,(H,21,23). The van der Waals surface area contributed by atoms with Crippen LogP contribution < -0.4 is 5.32 Å². The monoisotopic (exact) mass is 396 g/mol. The Bertz CT molecular complexity index is 911. The summed E-state index contributed by atoms with van der Waals surface area (Å²) in [6.45, 7) is 0.949. The molecule has 0 aromatic heterocycles. The molecule has 0 atom stereocenters. The predicted molar refractivity (Wildman–Crippen MR) is 98.4 cm³/mol. The molecule has 0 radical (unpaired) electrons. The molecule has 1 aliphatic heterocycles. The number of hydrogen-bond acceptors (Lipinski definition) is 3. The highest BCUT2D eigenvalue weighted by Crippen LogP contribution is 2.25. The number of nitrogens with one attached hydrogen (secondary N) is 1. The number of benzene rings is 2. The molecule has 138 valence electrons. The molecule has 0 saturated carbocycles. The van der Waals surface area contributed by atoms with Gasteiger partial charge in [0, 0.05) is 18.8 Å². The first-order chi connectivity index (χ1) is 12.4. The number of carbonyl (C=O) groups is 1. The van der Waals surface area contributed by atoms with Gasteiger partial charge in [0.25, 0.3) is 5.91 Å². The number of carbonyl (C=O) groups excluding carboxylic acids is 1. The normalized spacial score (nSPS) is 15.6. The third kappa shape index (κ3) is 4.06. The number of sulfonamides is 1. The number of nitrogens with zero attached hydrogens (tertiary/aromatic N) is 1. The topological polar surface area (TPSA) is 66.5 Å². The maximum Gasteiger partial charge on any atom is 0.257 e. The van der Waals surface area contributed by atoms with E-state index in [1.165, 1.54) is 46.8 Å². The molecule has 1 aliphatic rings. The highest BCUT2D eigenvalue weighted by atomic mass is 35.5. The lowest BCUT2D eigenvalue weighted by atomic mass is 10.2. The summed E-state index contributed by atoms with van der Waals surface area (Å²) in [6, 6.07) is 9.35. The van der Waals surface area contributed by atoms with E-state index in [0.29, 0.717) is 18.8 Å². The van der Waals surface area contributed by atoms with Crippen molar-refractivity contribution in [3.63, 3.8) is 0 Å². The molecule has 2 aromatic rings. The van der Waals surface area contributed by atoms with E-state index in [1.54, 1.807) is 0 Å². The molecule has 1 fully saturated rings. The maximum atomic E-state index is 13.0. The minimum Gasteiger partial charge on any atom is -0.322 e. The van der Waals surface area contributed by atoms with E-state index in [-0.39, 0.29) is 15.5 Å². The van der Waals surface area contributed by atoms with E-state index >= 15 is 0 Å². The number of piperidine rings is 1. The van der Waals surface area contributed by atoms with Gasteiger partial charge in [0.1, 0.15) is 5.82 Å². The molecule has 0 aliphatic carbocycles. The van der Waals surface area contributed by atoms with E-state index in [9.17, 15) is 17.6 Å². The number of anilines is 1. The van der Waals surface area contributed by atoms with Crippen molar-refractivity contribution in [2.75, 3.05) is 18.4 Å². The fourth-order valence-electron chi connectivity index (χ4n) is 2.82. The Balaban J connectivity index is 1.87. The number of rotatable bonds is 4. The first kappa shape index (κ1) is 18.8. The lowest BCUT2D eigenvalue weighted by Gasteiger charge is -2.26. The van der Waals surface area contributed by atoms with Gasteiger partial charge in [-0.15, -0.1) is 0 Å². The fourth-order valence-corrected chi connectivity index (χ4v) is 4.57. The van der Waals surface area contributed by atoms with Crippen LogP contribution in [0, 0.1) is 5.82 Å². The van der Waals surface area contributed by atoms with Crippen molar-refractivity contribution in [2.24, 2.45) is 0 Å². The van der Waals surface area contributed by atoms with Gasteiger partial charge >= 0.3 is 0 Å². The molecule has 1 amide bonds. The number of halogens is 2. The highest BCUT2D eigenvalue weighted by molar-refractivity contribution is 7.89. The van der Waals surface area contributed by atoms with Gasteiger partial charge in [0.2, 0.25) is 10.0 Å². The van der Waals surface area contributed by atoms with E-state index < -0.39 is 21.7 Å². The number of hydrogen-bond donors (Lipinski definition) is 1. The Morgan fingerprint density at radius 3 is 2.35 bits per heavy atom. The van der Waals surface area contributed by atoms with Crippen LogP contribution in [0.15, 0.2) is 47.4 Å². The van der Waals surface area contributed by atoms with Crippen molar-refractivity contribution >= 4 is 33.2 Å². The summed E-state index contributed by atoms with van der Waals surface area (Å²) in [4.78, 5) is 12.5. The van der Waals surface area contributed by atoms with Crippen molar-refractivity contribution in [3.05, 3.63) is 58.9 Å². The predicted octanol–water partition coefficient (Wildman–Crippen LogP) is 3.91. The van der Waals surface area contributed by atoms with Gasteiger partial charge in [0.05, 0.1) is 15.5 Å². The highest BCUT2D eigenvalue weighted by Gasteiger charge is 2.27. The molecule has 1 heterocycles. The van der Waals surface area contributed by atoms with Crippen molar-refractivity contribution in [3.8, 4) is 0 Å². The SMILES string of the molecule is O=C(Nc1ccc(F)cc1)c1cc(S(=O)(=O)N2CCCCC2)ccc1Cl. The molecule has 26 heavy (non-hydrogen) atoms. The van der Waals surface area contributed by atoms with Crippen LogP contribution in [0.4, 0.5) is 10.1 Å².